The summed E-state index contributed by atoms with van der Waals surface area (Å²) in [6.07, 6.45) is 6.63. The van der Waals surface area contributed by atoms with Gasteiger partial charge in [0.15, 0.2) is 0 Å². The van der Waals surface area contributed by atoms with Crippen molar-refractivity contribution in [1.82, 2.24) is 15.1 Å². The summed E-state index contributed by atoms with van der Waals surface area (Å²) in [6.45, 7) is 2.14. The largest absolute Gasteiger partial charge is 0.388 e. The molecule has 2 N–H and O–H groups in total. The topological polar surface area (TPSA) is 67.2 Å². The molecule has 1 aromatic heterocycles. The first-order valence-corrected chi connectivity index (χ1v) is 7.16. The van der Waals surface area contributed by atoms with Crippen LogP contribution in [0.5, 0.6) is 0 Å². The number of halogens is 1. The number of nitrogens with one attached hydrogen (secondary N) is 1. The molecule has 1 fully saturated rings. The van der Waals surface area contributed by atoms with Crippen LogP contribution in [0, 0.1) is 6.92 Å². The zero-order valence-corrected chi connectivity index (χ0v) is 12.6. The van der Waals surface area contributed by atoms with Gasteiger partial charge in [0.25, 0.3) is 0 Å². The minimum Gasteiger partial charge on any atom is -0.388 e. The lowest BCUT2D eigenvalue weighted by molar-refractivity contribution is -0.117. The number of hydrogen-bond donors (Lipinski definition) is 2. The molecule has 20 heavy (non-hydrogen) atoms. The monoisotopic (exact) mass is 297 g/mol. The molecule has 2 rings (SSSR count). The number of aromatic nitrogens is 2. The number of carbonyl (C=O) groups is 1. The van der Waals surface area contributed by atoms with Crippen LogP contribution in [0.4, 0.5) is 0 Å². The van der Waals surface area contributed by atoms with Gasteiger partial charge < -0.3 is 10.4 Å². The van der Waals surface area contributed by atoms with Crippen molar-refractivity contribution in [3.05, 3.63) is 22.5 Å². The summed E-state index contributed by atoms with van der Waals surface area (Å²) in [5, 5.41) is 17.5. The van der Waals surface area contributed by atoms with Crippen LogP contribution in [0.25, 0.3) is 6.08 Å². The van der Waals surface area contributed by atoms with Gasteiger partial charge in [0.1, 0.15) is 5.15 Å². The Bertz CT molecular complexity index is 531. The summed E-state index contributed by atoms with van der Waals surface area (Å²) in [5.74, 6) is -0.232. The van der Waals surface area contributed by atoms with Crippen molar-refractivity contribution in [1.29, 1.82) is 0 Å². The SMILES string of the molecule is Cc1nn(C)c(Cl)c1C=CC(=O)NCC1(O)CCCC1. The van der Waals surface area contributed by atoms with Gasteiger partial charge in [-0.15, -0.1) is 0 Å². The zero-order valence-electron chi connectivity index (χ0n) is 11.8. The molecule has 0 spiro atoms. The van der Waals surface area contributed by atoms with Gasteiger partial charge in [-0.2, -0.15) is 5.10 Å². The molecule has 1 aliphatic rings. The lowest BCUT2D eigenvalue weighted by Crippen LogP contribution is -2.40. The summed E-state index contributed by atoms with van der Waals surface area (Å²) >= 11 is 6.08. The van der Waals surface area contributed by atoms with Gasteiger partial charge in [-0.1, -0.05) is 24.4 Å². The van der Waals surface area contributed by atoms with Crippen molar-refractivity contribution < 1.29 is 9.90 Å². The third-order valence-electron chi connectivity index (χ3n) is 3.72. The van der Waals surface area contributed by atoms with E-state index in [2.05, 4.69) is 10.4 Å². The van der Waals surface area contributed by atoms with Gasteiger partial charge in [0, 0.05) is 25.2 Å². The highest BCUT2D eigenvalue weighted by Gasteiger charge is 2.30. The minimum atomic E-state index is -0.731. The van der Waals surface area contributed by atoms with Crippen LogP contribution < -0.4 is 5.32 Å². The van der Waals surface area contributed by atoms with E-state index in [1.807, 2.05) is 6.92 Å². The first-order valence-electron chi connectivity index (χ1n) is 6.79. The Kier molecular flexibility index (Phi) is 4.50. The summed E-state index contributed by atoms with van der Waals surface area (Å²) in [6, 6.07) is 0. The Morgan fingerprint density at radius 1 is 1.55 bits per heavy atom. The van der Waals surface area contributed by atoms with Gasteiger partial charge in [0.2, 0.25) is 5.91 Å². The maximum atomic E-state index is 11.8. The van der Waals surface area contributed by atoms with Crippen LogP contribution >= 0.6 is 11.6 Å². The third kappa shape index (κ3) is 3.41. The minimum absolute atomic E-state index is 0.232. The highest BCUT2D eigenvalue weighted by molar-refractivity contribution is 6.31. The molecule has 110 valence electrons. The summed E-state index contributed by atoms with van der Waals surface area (Å²) in [7, 11) is 1.75. The van der Waals surface area contributed by atoms with Crippen molar-refractivity contribution in [3.63, 3.8) is 0 Å². The van der Waals surface area contributed by atoms with E-state index >= 15 is 0 Å². The quantitative estimate of drug-likeness (QED) is 0.833. The van der Waals surface area contributed by atoms with E-state index in [0.29, 0.717) is 11.7 Å². The van der Waals surface area contributed by atoms with Crippen molar-refractivity contribution in [2.75, 3.05) is 6.54 Å². The second kappa shape index (κ2) is 5.97. The van der Waals surface area contributed by atoms with Crippen LogP contribution in [0.3, 0.4) is 0 Å². The molecule has 6 heteroatoms. The van der Waals surface area contributed by atoms with Crippen LogP contribution in [0.15, 0.2) is 6.08 Å². The molecule has 0 bridgehead atoms. The lowest BCUT2D eigenvalue weighted by Gasteiger charge is -2.21. The lowest BCUT2D eigenvalue weighted by atomic mass is 10.0. The van der Waals surface area contributed by atoms with Crippen molar-refractivity contribution in [3.8, 4) is 0 Å². The highest BCUT2D eigenvalue weighted by atomic mass is 35.5. The highest BCUT2D eigenvalue weighted by Crippen LogP contribution is 2.28. The van der Waals surface area contributed by atoms with E-state index < -0.39 is 5.60 Å². The smallest absolute Gasteiger partial charge is 0.244 e. The molecule has 0 saturated heterocycles. The van der Waals surface area contributed by atoms with E-state index in [4.69, 9.17) is 11.6 Å². The van der Waals surface area contributed by atoms with Gasteiger partial charge in [-0.3, -0.25) is 9.48 Å². The standard InChI is InChI=1S/C14H20ClN3O2/c1-10-11(13(15)18(2)17-10)5-6-12(19)16-9-14(20)7-3-4-8-14/h5-6,20H,3-4,7-9H2,1-2H3,(H,16,19). The first-order chi connectivity index (χ1) is 9.41. The number of rotatable bonds is 4. The molecular weight excluding hydrogens is 278 g/mol. The van der Waals surface area contributed by atoms with Gasteiger partial charge >= 0.3 is 0 Å². The fourth-order valence-electron chi connectivity index (χ4n) is 2.52. The van der Waals surface area contributed by atoms with Gasteiger partial charge in [0.05, 0.1) is 11.3 Å². The number of aryl methyl sites for hydroxylation is 2. The van der Waals surface area contributed by atoms with E-state index in [1.165, 1.54) is 6.08 Å². The van der Waals surface area contributed by atoms with Gasteiger partial charge in [-0.05, 0) is 25.8 Å². The molecule has 0 radical (unpaired) electrons. The Morgan fingerprint density at radius 3 is 2.75 bits per heavy atom. The van der Waals surface area contributed by atoms with Crippen LogP contribution in [-0.2, 0) is 11.8 Å². The average molecular weight is 298 g/mol. The molecule has 0 aliphatic heterocycles. The average Bonchev–Trinajstić information content (AvgIpc) is 2.92. The van der Waals surface area contributed by atoms with Crippen molar-refractivity contribution in [2.24, 2.45) is 7.05 Å². The van der Waals surface area contributed by atoms with E-state index in [0.717, 1.165) is 36.9 Å². The van der Waals surface area contributed by atoms with E-state index in [9.17, 15) is 9.90 Å². The molecule has 0 unspecified atom stereocenters. The number of carbonyl (C=O) groups excluding carboxylic acids is 1. The maximum Gasteiger partial charge on any atom is 0.244 e. The zero-order chi connectivity index (χ0) is 14.8. The molecule has 5 nitrogen and oxygen atoms in total. The number of aliphatic hydroxyl groups is 1. The molecule has 1 heterocycles. The van der Waals surface area contributed by atoms with Gasteiger partial charge in [-0.25, -0.2) is 0 Å². The second-order valence-electron chi connectivity index (χ2n) is 5.40. The second-order valence-corrected chi connectivity index (χ2v) is 5.75. The molecule has 0 atom stereocenters. The Hall–Kier alpha value is -1.33. The Balaban J connectivity index is 1.92. The Labute approximate surface area is 123 Å². The number of hydrogen-bond acceptors (Lipinski definition) is 3. The molecule has 1 aromatic rings. The van der Waals surface area contributed by atoms with Crippen molar-refractivity contribution in [2.45, 2.75) is 38.2 Å². The molecule has 1 aliphatic carbocycles. The van der Waals surface area contributed by atoms with Crippen LogP contribution in [0.2, 0.25) is 5.15 Å². The summed E-state index contributed by atoms with van der Waals surface area (Å²) in [4.78, 5) is 11.8. The maximum absolute atomic E-state index is 11.8. The molecule has 1 amide bonds. The van der Waals surface area contributed by atoms with Crippen molar-refractivity contribution >= 4 is 23.6 Å². The van der Waals surface area contributed by atoms with Crippen LogP contribution in [0.1, 0.15) is 36.9 Å². The molecule has 0 aromatic carbocycles. The van der Waals surface area contributed by atoms with E-state index in [-0.39, 0.29) is 5.91 Å². The first kappa shape index (κ1) is 15.1. The van der Waals surface area contributed by atoms with E-state index in [1.54, 1.807) is 17.8 Å². The summed E-state index contributed by atoms with van der Waals surface area (Å²) in [5.41, 5.74) is 0.783. The fourth-order valence-corrected chi connectivity index (χ4v) is 2.75. The summed E-state index contributed by atoms with van der Waals surface area (Å²) < 4.78 is 1.57. The molecule has 1 saturated carbocycles. The van der Waals surface area contributed by atoms with Crippen LogP contribution in [-0.4, -0.2) is 32.9 Å². The third-order valence-corrected chi connectivity index (χ3v) is 4.17. The predicted molar refractivity (Wildman–Crippen MR) is 78.4 cm³/mol. The Morgan fingerprint density at radius 2 is 2.20 bits per heavy atom. The normalized spacial score (nSPS) is 17.8. The molecular formula is C14H20ClN3O2. The predicted octanol–water partition coefficient (Wildman–Crippen LogP) is 1.82. The number of amides is 1. The fraction of sp³-hybridized carbons (Fsp3) is 0.571. The number of nitrogens with zero attached hydrogens (tertiary/aromatic N) is 2.